The highest BCUT2D eigenvalue weighted by molar-refractivity contribution is 9.11. The molecular formula is C15H18Br2O. The lowest BCUT2D eigenvalue weighted by Gasteiger charge is -2.16. The SMILES string of the molecule is C#CCCCCOc1c(Br)cc(Br)cc1C(C)C. The average molecular weight is 374 g/mol. The highest BCUT2D eigenvalue weighted by Crippen LogP contribution is 2.37. The van der Waals surface area contributed by atoms with E-state index in [2.05, 4.69) is 57.7 Å². The van der Waals surface area contributed by atoms with Gasteiger partial charge in [-0.15, -0.1) is 12.3 Å². The summed E-state index contributed by atoms with van der Waals surface area (Å²) in [5, 5.41) is 0. The van der Waals surface area contributed by atoms with Crippen LogP contribution in [0.1, 0.15) is 44.6 Å². The van der Waals surface area contributed by atoms with Gasteiger partial charge in [0.05, 0.1) is 11.1 Å². The van der Waals surface area contributed by atoms with Gasteiger partial charge in [-0.2, -0.15) is 0 Å². The Labute approximate surface area is 127 Å². The zero-order valence-corrected chi connectivity index (χ0v) is 14.0. The van der Waals surface area contributed by atoms with Crippen molar-refractivity contribution in [3.8, 4) is 18.1 Å². The summed E-state index contributed by atoms with van der Waals surface area (Å²) in [6.45, 7) is 5.04. The number of unbranched alkanes of at least 4 members (excludes halogenated alkanes) is 2. The molecule has 1 aromatic rings. The van der Waals surface area contributed by atoms with Gasteiger partial charge in [0, 0.05) is 10.9 Å². The first-order valence-electron chi connectivity index (χ1n) is 6.11. The van der Waals surface area contributed by atoms with Gasteiger partial charge in [-0.3, -0.25) is 0 Å². The smallest absolute Gasteiger partial charge is 0.136 e. The Balaban J connectivity index is 2.72. The molecule has 0 spiro atoms. The number of hydrogen-bond donors (Lipinski definition) is 0. The van der Waals surface area contributed by atoms with E-state index in [1.165, 1.54) is 5.56 Å². The maximum absolute atomic E-state index is 5.89. The van der Waals surface area contributed by atoms with Crippen molar-refractivity contribution in [2.45, 2.75) is 39.0 Å². The Hall–Kier alpha value is -0.460. The molecule has 1 nitrogen and oxygen atoms in total. The van der Waals surface area contributed by atoms with E-state index < -0.39 is 0 Å². The van der Waals surface area contributed by atoms with Gasteiger partial charge < -0.3 is 4.74 Å². The van der Waals surface area contributed by atoms with Crippen LogP contribution in [0.25, 0.3) is 0 Å². The summed E-state index contributed by atoms with van der Waals surface area (Å²) in [6, 6.07) is 4.13. The Morgan fingerprint density at radius 1 is 1.28 bits per heavy atom. The Kier molecular flexibility index (Phi) is 6.81. The van der Waals surface area contributed by atoms with Gasteiger partial charge in [-0.05, 0) is 52.4 Å². The Morgan fingerprint density at radius 3 is 2.61 bits per heavy atom. The van der Waals surface area contributed by atoms with Crippen molar-refractivity contribution in [1.29, 1.82) is 0 Å². The first-order valence-corrected chi connectivity index (χ1v) is 7.70. The van der Waals surface area contributed by atoms with Crippen LogP contribution in [0.4, 0.5) is 0 Å². The molecule has 18 heavy (non-hydrogen) atoms. The molecule has 0 aliphatic rings. The quantitative estimate of drug-likeness (QED) is 0.471. The maximum atomic E-state index is 5.89. The molecule has 0 bridgehead atoms. The Bertz CT molecular complexity index is 433. The largest absolute Gasteiger partial charge is 0.492 e. The van der Waals surface area contributed by atoms with E-state index >= 15 is 0 Å². The summed E-state index contributed by atoms with van der Waals surface area (Å²) in [5.41, 5.74) is 1.22. The number of benzene rings is 1. The molecule has 0 saturated carbocycles. The summed E-state index contributed by atoms with van der Waals surface area (Å²) >= 11 is 7.07. The third kappa shape index (κ3) is 4.66. The van der Waals surface area contributed by atoms with E-state index in [1.54, 1.807) is 0 Å². The normalized spacial score (nSPS) is 10.4. The van der Waals surface area contributed by atoms with Crippen LogP contribution in [0.5, 0.6) is 5.75 Å². The lowest BCUT2D eigenvalue weighted by atomic mass is 10.0. The van der Waals surface area contributed by atoms with Crippen molar-refractivity contribution in [2.75, 3.05) is 6.61 Å². The zero-order chi connectivity index (χ0) is 13.5. The van der Waals surface area contributed by atoms with Gasteiger partial charge in [-0.25, -0.2) is 0 Å². The molecule has 0 amide bonds. The molecule has 3 heteroatoms. The highest BCUT2D eigenvalue weighted by atomic mass is 79.9. The summed E-state index contributed by atoms with van der Waals surface area (Å²) in [4.78, 5) is 0. The lowest BCUT2D eigenvalue weighted by molar-refractivity contribution is 0.301. The fraction of sp³-hybridized carbons (Fsp3) is 0.467. The van der Waals surface area contributed by atoms with E-state index in [-0.39, 0.29) is 0 Å². The maximum Gasteiger partial charge on any atom is 0.136 e. The van der Waals surface area contributed by atoms with Crippen LogP contribution in [0, 0.1) is 12.3 Å². The number of halogens is 2. The van der Waals surface area contributed by atoms with E-state index in [0.717, 1.165) is 34.0 Å². The van der Waals surface area contributed by atoms with Gasteiger partial charge in [0.1, 0.15) is 5.75 Å². The van der Waals surface area contributed by atoms with Crippen molar-refractivity contribution < 1.29 is 4.74 Å². The van der Waals surface area contributed by atoms with Crippen LogP contribution in [0.3, 0.4) is 0 Å². The minimum atomic E-state index is 0.430. The van der Waals surface area contributed by atoms with Crippen molar-refractivity contribution in [2.24, 2.45) is 0 Å². The van der Waals surface area contributed by atoms with Crippen molar-refractivity contribution >= 4 is 31.9 Å². The Morgan fingerprint density at radius 2 is 2.00 bits per heavy atom. The minimum Gasteiger partial charge on any atom is -0.492 e. The van der Waals surface area contributed by atoms with E-state index in [0.29, 0.717) is 12.5 Å². The molecule has 0 saturated heterocycles. The fourth-order valence-electron chi connectivity index (χ4n) is 1.66. The zero-order valence-electron chi connectivity index (χ0n) is 10.8. The molecule has 0 aromatic heterocycles. The topological polar surface area (TPSA) is 9.23 Å². The molecule has 1 aromatic carbocycles. The van der Waals surface area contributed by atoms with Crippen LogP contribution in [-0.2, 0) is 0 Å². The minimum absolute atomic E-state index is 0.430. The predicted molar refractivity (Wildman–Crippen MR) is 84.1 cm³/mol. The third-order valence-corrected chi connectivity index (χ3v) is 3.67. The lowest BCUT2D eigenvalue weighted by Crippen LogP contribution is -2.02. The van der Waals surface area contributed by atoms with E-state index in [1.807, 2.05) is 6.07 Å². The van der Waals surface area contributed by atoms with Crippen LogP contribution in [0.15, 0.2) is 21.1 Å². The summed E-state index contributed by atoms with van der Waals surface area (Å²) in [6.07, 6.45) is 8.05. The molecule has 0 fully saturated rings. The molecule has 0 heterocycles. The average Bonchev–Trinajstić information content (AvgIpc) is 2.30. The predicted octanol–water partition coefficient (Wildman–Crippen LogP) is 5.52. The van der Waals surface area contributed by atoms with E-state index in [9.17, 15) is 0 Å². The van der Waals surface area contributed by atoms with Crippen LogP contribution < -0.4 is 4.74 Å². The summed E-state index contributed by atoms with van der Waals surface area (Å²) in [5.74, 6) is 4.03. The molecule has 1 rings (SSSR count). The molecular weight excluding hydrogens is 356 g/mol. The fourth-order valence-corrected chi connectivity index (χ4v) is 3.04. The summed E-state index contributed by atoms with van der Waals surface area (Å²) in [7, 11) is 0. The molecule has 98 valence electrons. The van der Waals surface area contributed by atoms with Gasteiger partial charge in [0.2, 0.25) is 0 Å². The molecule has 0 atom stereocenters. The molecule has 0 unspecified atom stereocenters. The summed E-state index contributed by atoms with van der Waals surface area (Å²) < 4.78 is 7.96. The van der Waals surface area contributed by atoms with Crippen molar-refractivity contribution in [1.82, 2.24) is 0 Å². The van der Waals surface area contributed by atoms with Gasteiger partial charge >= 0.3 is 0 Å². The first-order chi connectivity index (χ1) is 8.56. The third-order valence-electron chi connectivity index (χ3n) is 2.62. The molecule has 0 aliphatic carbocycles. The standard InChI is InChI=1S/C15H18Br2O/c1-4-5-6-7-8-18-15-13(11(2)3)9-12(16)10-14(15)17/h1,9-11H,5-8H2,2-3H3. The second-order valence-electron chi connectivity index (χ2n) is 4.47. The van der Waals surface area contributed by atoms with Crippen LogP contribution >= 0.6 is 31.9 Å². The highest BCUT2D eigenvalue weighted by Gasteiger charge is 2.12. The van der Waals surface area contributed by atoms with Crippen molar-refractivity contribution in [3.63, 3.8) is 0 Å². The number of rotatable bonds is 6. The van der Waals surface area contributed by atoms with Crippen LogP contribution in [0.2, 0.25) is 0 Å². The molecule has 0 aliphatic heterocycles. The number of terminal acetylenes is 1. The van der Waals surface area contributed by atoms with Crippen molar-refractivity contribution in [3.05, 3.63) is 26.6 Å². The van der Waals surface area contributed by atoms with Gasteiger partial charge in [-0.1, -0.05) is 29.8 Å². The first kappa shape index (κ1) is 15.6. The number of ether oxygens (including phenoxy) is 1. The second kappa shape index (κ2) is 7.86. The monoisotopic (exact) mass is 372 g/mol. The van der Waals surface area contributed by atoms with E-state index in [4.69, 9.17) is 11.2 Å². The second-order valence-corrected chi connectivity index (χ2v) is 6.24. The van der Waals surface area contributed by atoms with Gasteiger partial charge in [0.15, 0.2) is 0 Å². The number of hydrogen-bond acceptors (Lipinski definition) is 1. The van der Waals surface area contributed by atoms with Crippen LogP contribution in [-0.4, -0.2) is 6.61 Å². The van der Waals surface area contributed by atoms with Gasteiger partial charge in [0.25, 0.3) is 0 Å². The molecule has 0 radical (unpaired) electrons. The molecule has 0 N–H and O–H groups in total.